The molecule has 0 saturated carbocycles. The molecule has 0 radical (unpaired) electrons. The van der Waals surface area contributed by atoms with Gasteiger partial charge in [0.15, 0.2) is 0 Å². The third kappa shape index (κ3) is 5.07. The highest BCUT2D eigenvalue weighted by Gasteiger charge is 2.30. The van der Waals surface area contributed by atoms with Gasteiger partial charge in [-0.3, -0.25) is 9.79 Å². The van der Waals surface area contributed by atoms with Crippen molar-refractivity contribution in [2.24, 2.45) is 4.99 Å². The molecular formula is C24H27FN4O3. The minimum atomic E-state index is -0.541. The van der Waals surface area contributed by atoms with Gasteiger partial charge in [0.25, 0.3) is 0 Å². The first-order valence-corrected chi connectivity index (χ1v) is 10.7. The second-order valence-corrected chi connectivity index (χ2v) is 9.08. The summed E-state index contributed by atoms with van der Waals surface area (Å²) in [5.74, 6) is -1.15. The number of nitrogens with one attached hydrogen (secondary N) is 2. The maximum atomic E-state index is 13.4. The average Bonchev–Trinajstić information content (AvgIpc) is 3.30. The Balaban J connectivity index is 1.33. The summed E-state index contributed by atoms with van der Waals surface area (Å²) in [6.45, 7) is 6.82. The van der Waals surface area contributed by atoms with Gasteiger partial charge in [0, 0.05) is 36.7 Å². The monoisotopic (exact) mass is 438 g/mol. The lowest BCUT2D eigenvalue weighted by Gasteiger charge is -2.24. The number of hydrogen-bond donors (Lipinski definition) is 2. The van der Waals surface area contributed by atoms with Gasteiger partial charge in [-0.05, 0) is 69.2 Å². The zero-order valence-corrected chi connectivity index (χ0v) is 18.4. The maximum Gasteiger partial charge on any atom is 0.410 e. The maximum absolute atomic E-state index is 13.4. The number of nitrogens with zero attached hydrogens (tertiary/aromatic N) is 2. The number of ether oxygens (including phenoxy) is 1. The largest absolute Gasteiger partial charge is 0.444 e. The summed E-state index contributed by atoms with van der Waals surface area (Å²) in [6.07, 6.45) is 2.14. The van der Waals surface area contributed by atoms with Gasteiger partial charge in [0.2, 0.25) is 5.91 Å². The molecule has 2 heterocycles. The van der Waals surface area contributed by atoms with Crippen LogP contribution in [0.4, 0.5) is 26.2 Å². The lowest BCUT2D eigenvalue weighted by Crippen LogP contribution is -2.36. The van der Waals surface area contributed by atoms with E-state index in [0.717, 1.165) is 12.1 Å². The molecule has 2 aromatic carbocycles. The van der Waals surface area contributed by atoms with E-state index < -0.39 is 11.5 Å². The van der Waals surface area contributed by atoms with Gasteiger partial charge in [0.05, 0.1) is 5.69 Å². The van der Waals surface area contributed by atoms with Crippen molar-refractivity contribution in [1.82, 2.24) is 4.90 Å². The zero-order valence-electron chi connectivity index (χ0n) is 18.4. The highest BCUT2D eigenvalue weighted by molar-refractivity contribution is 6.12. The standard InChI is InChI=1S/C24H27FN4O3/c1-24(2,3)32-23(31)29-11-10-18(14-29)27-17-7-5-16(6-8-17)26-13-20-19-9-4-15(25)12-21(19)28-22(20)30/h4-9,12-13,18,20,27H,10-11,14H2,1-3H3,(H,28,30). The van der Waals surface area contributed by atoms with Crippen molar-refractivity contribution in [3.05, 3.63) is 53.8 Å². The van der Waals surface area contributed by atoms with Crippen LogP contribution in [0.1, 0.15) is 38.7 Å². The Kier molecular flexibility index (Phi) is 5.86. The van der Waals surface area contributed by atoms with Crippen LogP contribution in [0.2, 0.25) is 0 Å². The van der Waals surface area contributed by atoms with Crippen molar-refractivity contribution < 1.29 is 18.7 Å². The average molecular weight is 439 g/mol. The molecule has 168 valence electrons. The molecule has 0 spiro atoms. The van der Waals surface area contributed by atoms with Crippen LogP contribution in [0.15, 0.2) is 47.5 Å². The summed E-state index contributed by atoms with van der Waals surface area (Å²) in [5.41, 5.74) is 2.34. The number of anilines is 2. The van der Waals surface area contributed by atoms with E-state index in [4.69, 9.17) is 4.74 Å². The number of carbonyl (C=O) groups excluding carboxylic acids is 2. The number of fused-ring (bicyclic) bond motifs is 1. The van der Waals surface area contributed by atoms with Gasteiger partial charge in [-0.15, -0.1) is 0 Å². The Morgan fingerprint density at radius 3 is 2.72 bits per heavy atom. The van der Waals surface area contributed by atoms with Gasteiger partial charge in [-0.25, -0.2) is 9.18 Å². The first kappa shape index (κ1) is 21.8. The second kappa shape index (κ2) is 8.61. The Bertz CT molecular complexity index is 1050. The number of benzene rings is 2. The summed E-state index contributed by atoms with van der Waals surface area (Å²) in [6, 6.07) is 12.0. The molecule has 2 aliphatic heterocycles. The molecule has 0 aromatic heterocycles. The molecule has 0 aliphatic carbocycles. The van der Waals surface area contributed by atoms with Crippen molar-refractivity contribution in [3.8, 4) is 0 Å². The lowest BCUT2D eigenvalue weighted by molar-refractivity contribution is -0.115. The Labute approximate surface area is 186 Å². The normalized spacial score (nSPS) is 20.4. The molecule has 2 aromatic rings. The van der Waals surface area contributed by atoms with Crippen LogP contribution in [0.25, 0.3) is 0 Å². The van der Waals surface area contributed by atoms with E-state index in [1.807, 2.05) is 45.0 Å². The Hall–Kier alpha value is -3.42. The summed E-state index contributed by atoms with van der Waals surface area (Å²) >= 11 is 0. The molecule has 2 unspecified atom stereocenters. The fraction of sp³-hybridized carbons (Fsp3) is 0.375. The fourth-order valence-corrected chi connectivity index (χ4v) is 3.82. The van der Waals surface area contributed by atoms with Crippen molar-refractivity contribution >= 4 is 35.3 Å². The number of hydrogen-bond acceptors (Lipinski definition) is 5. The molecule has 1 saturated heterocycles. The Morgan fingerprint density at radius 1 is 1.25 bits per heavy atom. The van der Waals surface area contributed by atoms with Gasteiger partial charge in [-0.2, -0.15) is 0 Å². The van der Waals surface area contributed by atoms with Gasteiger partial charge < -0.3 is 20.3 Å². The number of halogens is 1. The van der Waals surface area contributed by atoms with E-state index in [1.54, 1.807) is 17.2 Å². The Morgan fingerprint density at radius 2 is 2.00 bits per heavy atom. The molecule has 2 amide bonds. The number of rotatable bonds is 4. The van der Waals surface area contributed by atoms with Crippen LogP contribution in [0.3, 0.4) is 0 Å². The molecule has 2 atom stereocenters. The summed E-state index contributed by atoms with van der Waals surface area (Å²) < 4.78 is 18.8. The third-order valence-corrected chi connectivity index (χ3v) is 5.34. The van der Waals surface area contributed by atoms with E-state index in [0.29, 0.717) is 30.0 Å². The molecule has 2 aliphatic rings. The van der Waals surface area contributed by atoms with Crippen LogP contribution < -0.4 is 10.6 Å². The fourth-order valence-electron chi connectivity index (χ4n) is 3.82. The molecule has 4 rings (SSSR count). The summed E-state index contributed by atoms with van der Waals surface area (Å²) in [7, 11) is 0. The van der Waals surface area contributed by atoms with Gasteiger partial charge in [-0.1, -0.05) is 6.07 Å². The molecule has 0 bridgehead atoms. The van der Waals surface area contributed by atoms with Gasteiger partial charge >= 0.3 is 6.09 Å². The summed E-state index contributed by atoms with van der Waals surface area (Å²) in [5, 5.41) is 6.12. The lowest BCUT2D eigenvalue weighted by atomic mass is 10.0. The van der Waals surface area contributed by atoms with Crippen LogP contribution in [0, 0.1) is 5.82 Å². The van der Waals surface area contributed by atoms with Crippen LogP contribution >= 0.6 is 0 Å². The van der Waals surface area contributed by atoms with E-state index in [-0.39, 0.29) is 23.9 Å². The molecule has 8 heteroatoms. The predicted octanol–water partition coefficient (Wildman–Crippen LogP) is 4.69. The molecule has 1 fully saturated rings. The first-order valence-electron chi connectivity index (χ1n) is 10.7. The van der Waals surface area contributed by atoms with E-state index >= 15 is 0 Å². The van der Waals surface area contributed by atoms with Crippen LogP contribution in [-0.4, -0.2) is 47.8 Å². The highest BCUT2D eigenvalue weighted by atomic mass is 19.1. The van der Waals surface area contributed by atoms with Gasteiger partial charge in [0.1, 0.15) is 17.3 Å². The zero-order chi connectivity index (χ0) is 22.9. The number of aliphatic imine (C=N–C) groups is 1. The van der Waals surface area contributed by atoms with E-state index in [1.165, 1.54) is 12.1 Å². The molecule has 32 heavy (non-hydrogen) atoms. The molecule has 7 nitrogen and oxygen atoms in total. The van der Waals surface area contributed by atoms with Crippen molar-refractivity contribution in [2.75, 3.05) is 23.7 Å². The number of amides is 2. The first-order chi connectivity index (χ1) is 15.2. The highest BCUT2D eigenvalue weighted by Crippen LogP contribution is 2.32. The quantitative estimate of drug-likeness (QED) is 0.679. The van der Waals surface area contributed by atoms with E-state index in [9.17, 15) is 14.0 Å². The van der Waals surface area contributed by atoms with Crippen molar-refractivity contribution in [1.29, 1.82) is 0 Å². The molecule has 2 N–H and O–H groups in total. The predicted molar refractivity (Wildman–Crippen MR) is 122 cm³/mol. The number of carbonyl (C=O) groups is 2. The van der Waals surface area contributed by atoms with Crippen molar-refractivity contribution in [3.63, 3.8) is 0 Å². The second-order valence-electron chi connectivity index (χ2n) is 9.08. The SMILES string of the molecule is CC(C)(C)OC(=O)N1CCC(Nc2ccc(N=CC3C(=O)Nc4cc(F)ccc43)cc2)C1. The van der Waals surface area contributed by atoms with Crippen LogP contribution in [0.5, 0.6) is 0 Å². The molecular weight excluding hydrogens is 411 g/mol. The minimum Gasteiger partial charge on any atom is -0.444 e. The minimum absolute atomic E-state index is 0.149. The van der Waals surface area contributed by atoms with Crippen molar-refractivity contribution in [2.45, 2.75) is 44.8 Å². The third-order valence-electron chi connectivity index (χ3n) is 5.34. The number of likely N-dealkylation sites (tertiary alicyclic amines) is 1. The topological polar surface area (TPSA) is 83.0 Å². The van der Waals surface area contributed by atoms with Crippen LogP contribution in [-0.2, 0) is 9.53 Å². The smallest absolute Gasteiger partial charge is 0.410 e. The summed E-state index contributed by atoms with van der Waals surface area (Å²) in [4.78, 5) is 30.6. The van der Waals surface area contributed by atoms with E-state index in [2.05, 4.69) is 15.6 Å².